The Kier molecular flexibility index (Phi) is 3.10. The van der Waals surface area contributed by atoms with Crippen molar-refractivity contribution in [3.8, 4) is 0 Å². The van der Waals surface area contributed by atoms with Crippen LogP contribution in [-0.2, 0) is 0 Å². The molecule has 1 aromatic heterocycles. The first-order valence-electron chi connectivity index (χ1n) is 4.34. The minimum atomic E-state index is 0.708. The second-order valence-electron chi connectivity index (χ2n) is 3.61. The van der Waals surface area contributed by atoms with Gasteiger partial charge >= 0.3 is 0 Å². The van der Waals surface area contributed by atoms with Crippen molar-refractivity contribution in [1.82, 2.24) is 0 Å². The largest absolute Gasteiger partial charge is 0.141 e. The van der Waals surface area contributed by atoms with Crippen LogP contribution >= 0.6 is 11.3 Å². The van der Waals surface area contributed by atoms with Crippen molar-refractivity contribution in [1.29, 1.82) is 0 Å². The maximum absolute atomic E-state index is 4.09. The van der Waals surface area contributed by atoms with E-state index in [-0.39, 0.29) is 0 Å². The zero-order valence-corrected chi connectivity index (χ0v) is 8.87. The standard InChI is InChI=1S/C11H16S/c1-8(2)7-9(3)11-6-5-10(4)12-11/h5-6,8H,3,7H2,1-2,4H3. The summed E-state index contributed by atoms with van der Waals surface area (Å²) in [6.45, 7) is 10.7. The molecule has 0 amide bonds. The molecule has 0 saturated carbocycles. The normalized spacial score (nSPS) is 10.7. The van der Waals surface area contributed by atoms with Gasteiger partial charge in [-0.15, -0.1) is 11.3 Å². The van der Waals surface area contributed by atoms with E-state index < -0.39 is 0 Å². The first-order valence-corrected chi connectivity index (χ1v) is 5.16. The Labute approximate surface area is 78.9 Å². The van der Waals surface area contributed by atoms with Gasteiger partial charge in [0.15, 0.2) is 0 Å². The highest BCUT2D eigenvalue weighted by molar-refractivity contribution is 7.13. The zero-order chi connectivity index (χ0) is 9.14. The Bertz CT molecular complexity index is 268. The van der Waals surface area contributed by atoms with Crippen molar-refractivity contribution in [2.45, 2.75) is 27.2 Å². The van der Waals surface area contributed by atoms with E-state index in [1.54, 1.807) is 0 Å². The van der Waals surface area contributed by atoms with Crippen molar-refractivity contribution in [2.24, 2.45) is 5.92 Å². The lowest BCUT2D eigenvalue weighted by Gasteiger charge is -2.05. The molecule has 12 heavy (non-hydrogen) atoms. The molecule has 0 atom stereocenters. The lowest BCUT2D eigenvalue weighted by atomic mass is 10.0. The fraction of sp³-hybridized carbons (Fsp3) is 0.455. The number of aryl methyl sites for hydroxylation is 1. The molecule has 0 radical (unpaired) electrons. The van der Waals surface area contributed by atoms with Crippen molar-refractivity contribution in [3.05, 3.63) is 28.5 Å². The number of allylic oxidation sites excluding steroid dienone is 1. The Hall–Kier alpha value is -0.560. The van der Waals surface area contributed by atoms with Crippen LogP contribution < -0.4 is 0 Å². The second-order valence-corrected chi connectivity index (χ2v) is 4.90. The molecule has 1 rings (SSSR count). The van der Waals surface area contributed by atoms with Crippen LogP contribution in [0.25, 0.3) is 5.57 Å². The Morgan fingerprint density at radius 2 is 2.17 bits per heavy atom. The van der Waals surface area contributed by atoms with Crippen LogP contribution in [0, 0.1) is 12.8 Å². The summed E-state index contributed by atoms with van der Waals surface area (Å²) in [7, 11) is 0. The smallest absolute Gasteiger partial charge is 0.0299 e. The third-order valence-corrected chi connectivity index (χ3v) is 2.85. The molecule has 1 heteroatoms. The van der Waals surface area contributed by atoms with E-state index in [1.807, 2.05) is 11.3 Å². The van der Waals surface area contributed by atoms with Crippen molar-refractivity contribution in [2.75, 3.05) is 0 Å². The summed E-state index contributed by atoms with van der Waals surface area (Å²) >= 11 is 1.84. The number of thiophene rings is 1. The van der Waals surface area contributed by atoms with Gasteiger partial charge in [-0.3, -0.25) is 0 Å². The van der Waals surface area contributed by atoms with Crippen LogP contribution in [0.2, 0.25) is 0 Å². The molecule has 0 N–H and O–H groups in total. The lowest BCUT2D eigenvalue weighted by Crippen LogP contribution is -1.87. The van der Waals surface area contributed by atoms with Crippen LogP contribution in [0.4, 0.5) is 0 Å². The maximum Gasteiger partial charge on any atom is 0.0299 e. The molecule has 0 fully saturated rings. The number of hydrogen-bond acceptors (Lipinski definition) is 1. The van der Waals surface area contributed by atoms with Gasteiger partial charge in [0.05, 0.1) is 0 Å². The van der Waals surface area contributed by atoms with Crippen molar-refractivity contribution >= 4 is 16.9 Å². The van der Waals surface area contributed by atoms with Gasteiger partial charge in [0.1, 0.15) is 0 Å². The second kappa shape index (κ2) is 3.90. The van der Waals surface area contributed by atoms with Crippen LogP contribution in [-0.4, -0.2) is 0 Å². The molecule has 1 heterocycles. The molecule has 66 valence electrons. The van der Waals surface area contributed by atoms with Gasteiger partial charge in [-0.1, -0.05) is 20.4 Å². The first kappa shape index (κ1) is 9.53. The number of hydrogen-bond donors (Lipinski definition) is 0. The fourth-order valence-corrected chi connectivity index (χ4v) is 2.06. The van der Waals surface area contributed by atoms with E-state index in [4.69, 9.17) is 0 Å². The Morgan fingerprint density at radius 1 is 1.50 bits per heavy atom. The van der Waals surface area contributed by atoms with Crippen molar-refractivity contribution in [3.63, 3.8) is 0 Å². The summed E-state index contributed by atoms with van der Waals surface area (Å²) in [5.41, 5.74) is 1.28. The molecule has 0 nitrogen and oxygen atoms in total. The van der Waals surface area contributed by atoms with E-state index >= 15 is 0 Å². The predicted molar refractivity (Wildman–Crippen MR) is 57.5 cm³/mol. The summed E-state index contributed by atoms with van der Waals surface area (Å²) in [6, 6.07) is 4.33. The topological polar surface area (TPSA) is 0 Å². The molecule has 0 aliphatic heterocycles. The molecule has 0 bridgehead atoms. The molecular formula is C11H16S. The van der Waals surface area contributed by atoms with Gasteiger partial charge in [0, 0.05) is 9.75 Å². The average Bonchev–Trinajstić information content (AvgIpc) is 2.34. The highest BCUT2D eigenvalue weighted by Crippen LogP contribution is 2.26. The van der Waals surface area contributed by atoms with E-state index in [0.717, 1.165) is 6.42 Å². The molecule has 0 saturated heterocycles. The van der Waals surface area contributed by atoms with Gasteiger partial charge in [-0.05, 0) is 37.0 Å². The SMILES string of the molecule is C=C(CC(C)C)c1ccc(C)s1. The molecule has 1 aromatic rings. The van der Waals surface area contributed by atoms with Crippen LogP contribution in [0.1, 0.15) is 30.0 Å². The maximum atomic E-state index is 4.09. The highest BCUT2D eigenvalue weighted by atomic mass is 32.1. The monoisotopic (exact) mass is 180 g/mol. The Balaban J connectivity index is 2.65. The van der Waals surface area contributed by atoms with E-state index in [0.29, 0.717) is 5.92 Å². The van der Waals surface area contributed by atoms with Crippen LogP contribution in [0.5, 0.6) is 0 Å². The average molecular weight is 180 g/mol. The molecule has 0 aromatic carbocycles. The third-order valence-electron chi connectivity index (χ3n) is 1.74. The van der Waals surface area contributed by atoms with Gasteiger partial charge in [-0.25, -0.2) is 0 Å². The Morgan fingerprint density at radius 3 is 2.58 bits per heavy atom. The minimum absolute atomic E-state index is 0.708. The fourth-order valence-electron chi connectivity index (χ4n) is 1.22. The number of rotatable bonds is 3. The van der Waals surface area contributed by atoms with Gasteiger partial charge in [0.2, 0.25) is 0 Å². The zero-order valence-electron chi connectivity index (χ0n) is 8.05. The van der Waals surface area contributed by atoms with E-state index in [9.17, 15) is 0 Å². The minimum Gasteiger partial charge on any atom is -0.141 e. The molecule has 0 spiro atoms. The first-order chi connectivity index (χ1) is 5.59. The lowest BCUT2D eigenvalue weighted by molar-refractivity contribution is 0.675. The molecule has 0 aliphatic carbocycles. The van der Waals surface area contributed by atoms with Crippen molar-refractivity contribution < 1.29 is 0 Å². The summed E-state index contributed by atoms with van der Waals surface area (Å²) in [5.74, 6) is 0.708. The summed E-state index contributed by atoms with van der Waals surface area (Å²) in [4.78, 5) is 2.72. The summed E-state index contributed by atoms with van der Waals surface area (Å²) < 4.78 is 0. The van der Waals surface area contributed by atoms with Crippen LogP contribution in [0.3, 0.4) is 0 Å². The van der Waals surface area contributed by atoms with Gasteiger partial charge in [-0.2, -0.15) is 0 Å². The van der Waals surface area contributed by atoms with Crippen LogP contribution in [0.15, 0.2) is 18.7 Å². The van der Waals surface area contributed by atoms with Gasteiger partial charge < -0.3 is 0 Å². The predicted octanol–water partition coefficient (Wildman–Crippen LogP) is 4.12. The molecule has 0 aliphatic rings. The van der Waals surface area contributed by atoms with Gasteiger partial charge in [0.25, 0.3) is 0 Å². The summed E-state index contributed by atoms with van der Waals surface area (Å²) in [5, 5.41) is 0. The third kappa shape index (κ3) is 2.49. The highest BCUT2D eigenvalue weighted by Gasteiger charge is 2.03. The quantitative estimate of drug-likeness (QED) is 0.656. The molecular weight excluding hydrogens is 164 g/mol. The van der Waals surface area contributed by atoms with E-state index in [1.165, 1.54) is 15.3 Å². The summed E-state index contributed by atoms with van der Waals surface area (Å²) in [6.07, 6.45) is 1.11. The molecule has 0 unspecified atom stereocenters. The van der Waals surface area contributed by atoms with E-state index in [2.05, 4.69) is 39.5 Å².